The van der Waals surface area contributed by atoms with Gasteiger partial charge in [-0.1, -0.05) is 23.4 Å². The molecule has 7 heteroatoms. The van der Waals surface area contributed by atoms with E-state index in [9.17, 15) is 4.21 Å². The zero-order chi connectivity index (χ0) is 16.1. The quantitative estimate of drug-likeness (QED) is 0.661. The van der Waals surface area contributed by atoms with Crippen LogP contribution in [0.25, 0.3) is 11.6 Å². The molecule has 1 atom stereocenters. The van der Waals surface area contributed by atoms with Crippen LogP contribution in [0, 0.1) is 0 Å². The van der Waals surface area contributed by atoms with Gasteiger partial charge in [-0.25, -0.2) is 0 Å². The first-order valence-electron chi connectivity index (χ1n) is 7.18. The molecule has 0 aliphatic carbocycles. The molecule has 6 nitrogen and oxygen atoms in total. The summed E-state index contributed by atoms with van der Waals surface area (Å²) >= 11 is 0. The second-order valence-electron chi connectivity index (χ2n) is 4.76. The van der Waals surface area contributed by atoms with Crippen LogP contribution in [-0.4, -0.2) is 21.0 Å². The summed E-state index contributed by atoms with van der Waals surface area (Å²) in [6, 6.07) is 11.1. The fourth-order valence-corrected chi connectivity index (χ4v) is 3.18. The maximum atomic E-state index is 12.3. The minimum Gasteiger partial charge on any atom is -0.494 e. The Morgan fingerprint density at radius 2 is 2.04 bits per heavy atom. The molecule has 0 fully saturated rings. The van der Waals surface area contributed by atoms with Gasteiger partial charge in [-0.2, -0.15) is 4.98 Å². The SMILES string of the molecule is CCOc1ccccc1CS(=O)Cc1nc(-c2ccco2)no1. The number of nitrogens with zero attached hydrogens (tertiary/aromatic N) is 2. The van der Waals surface area contributed by atoms with Gasteiger partial charge in [-0.15, -0.1) is 0 Å². The maximum Gasteiger partial charge on any atom is 0.239 e. The van der Waals surface area contributed by atoms with Crippen molar-refractivity contribution in [1.82, 2.24) is 10.1 Å². The Morgan fingerprint density at radius 1 is 1.17 bits per heavy atom. The molecule has 3 aromatic rings. The lowest BCUT2D eigenvalue weighted by Gasteiger charge is -2.08. The van der Waals surface area contributed by atoms with Crippen LogP contribution < -0.4 is 4.74 Å². The summed E-state index contributed by atoms with van der Waals surface area (Å²) in [4.78, 5) is 4.20. The van der Waals surface area contributed by atoms with Crippen molar-refractivity contribution < 1.29 is 17.9 Å². The lowest BCUT2D eigenvalue weighted by molar-refractivity contribution is 0.337. The molecule has 0 radical (unpaired) electrons. The van der Waals surface area contributed by atoms with E-state index in [0.29, 0.717) is 29.8 Å². The van der Waals surface area contributed by atoms with E-state index in [2.05, 4.69) is 10.1 Å². The Hall–Kier alpha value is -2.41. The number of para-hydroxylation sites is 1. The molecule has 0 aliphatic rings. The molecule has 0 bridgehead atoms. The van der Waals surface area contributed by atoms with Crippen LogP contribution in [0.15, 0.2) is 51.6 Å². The molecule has 0 amide bonds. The van der Waals surface area contributed by atoms with Gasteiger partial charge in [-0.05, 0) is 25.1 Å². The average molecular weight is 332 g/mol. The summed E-state index contributed by atoms with van der Waals surface area (Å²) < 4.78 is 28.2. The van der Waals surface area contributed by atoms with Crippen LogP contribution >= 0.6 is 0 Å². The molecular formula is C16H16N2O4S. The lowest BCUT2D eigenvalue weighted by Crippen LogP contribution is -2.03. The van der Waals surface area contributed by atoms with Crippen LogP contribution in [-0.2, 0) is 22.3 Å². The number of ether oxygens (including phenoxy) is 1. The van der Waals surface area contributed by atoms with Crippen LogP contribution in [0.3, 0.4) is 0 Å². The van der Waals surface area contributed by atoms with Crippen molar-refractivity contribution in [2.24, 2.45) is 0 Å². The van der Waals surface area contributed by atoms with Crippen LogP contribution in [0.2, 0.25) is 0 Å². The Morgan fingerprint density at radius 3 is 2.83 bits per heavy atom. The van der Waals surface area contributed by atoms with E-state index in [1.807, 2.05) is 31.2 Å². The van der Waals surface area contributed by atoms with Crippen molar-refractivity contribution in [3.63, 3.8) is 0 Å². The van der Waals surface area contributed by atoms with Gasteiger partial charge in [0.25, 0.3) is 0 Å². The van der Waals surface area contributed by atoms with Crippen LogP contribution in [0.4, 0.5) is 0 Å². The molecule has 2 heterocycles. The van der Waals surface area contributed by atoms with Crippen molar-refractivity contribution >= 4 is 10.8 Å². The van der Waals surface area contributed by atoms with E-state index in [-0.39, 0.29) is 5.75 Å². The minimum absolute atomic E-state index is 0.189. The van der Waals surface area contributed by atoms with E-state index in [0.717, 1.165) is 11.3 Å². The normalized spacial score (nSPS) is 12.2. The van der Waals surface area contributed by atoms with Gasteiger partial charge in [0.05, 0.1) is 18.6 Å². The molecule has 1 unspecified atom stereocenters. The minimum atomic E-state index is -1.18. The van der Waals surface area contributed by atoms with E-state index in [1.54, 1.807) is 12.1 Å². The molecule has 23 heavy (non-hydrogen) atoms. The largest absolute Gasteiger partial charge is 0.494 e. The number of benzene rings is 1. The molecule has 1 aromatic carbocycles. The molecule has 0 saturated heterocycles. The molecular weight excluding hydrogens is 316 g/mol. The van der Waals surface area contributed by atoms with Crippen LogP contribution in [0.5, 0.6) is 5.75 Å². The lowest BCUT2D eigenvalue weighted by atomic mass is 10.2. The zero-order valence-corrected chi connectivity index (χ0v) is 13.4. The fourth-order valence-electron chi connectivity index (χ4n) is 2.10. The van der Waals surface area contributed by atoms with Crippen molar-refractivity contribution in [3.8, 4) is 17.3 Å². The summed E-state index contributed by atoms with van der Waals surface area (Å²) in [5.74, 6) is 2.51. The molecule has 0 spiro atoms. The number of furan rings is 1. The third-order valence-electron chi connectivity index (χ3n) is 3.08. The summed E-state index contributed by atoms with van der Waals surface area (Å²) in [6.07, 6.45) is 1.54. The van der Waals surface area contributed by atoms with Crippen molar-refractivity contribution in [2.45, 2.75) is 18.4 Å². The second kappa shape index (κ2) is 7.23. The highest BCUT2D eigenvalue weighted by Gasteiger charge is 2.14. The Labute approximate surface area is 135 Å². The average Bonchev–Trinajstić information content (AvgIpc) is 3.20. The molecule has 0 aliphatic heterocycles. The highest BCUT2D eigenvalue weighted by atomic mass is 32.2. The van der Waals surface area contributed by atoms with Crippen molar-refractivity contribution in [2.75, 3.05) is 6.61 Å². The topological polar surface area (TPSA) is 78.4 Å². The van der Waals surface area contributed by atoms with Gasteiger partial charge in [0.2, 0.25) is 11.7 Å². The zero-order valence-electron chi connectivity index (χ0n) is 12.6. The van der Waals surface area contributed by atoms with Gasteiger partial charge < -0.3 is 13.7 Å². The third-order valence-corrected chi connectivity index (χ3v) is 4.28. The summed E-state index contributed by atoms with van der Waals surface area (Å²) in [5.41, 5.74) is 0.901. The Balaban J connectivity index is 1.66. The predicted octanol–water partition coefficient (Wildman–Crippen LogP) is 3.18. The third kappa shape index (κ3) is 3.87. The standard InChI is InChI=1S/C16H16N2O4S/c1-2-20-13-7-4-3-6-12(13)10-23(19)11-15-17-16(18-22-15)14-8-5-9-21-14/h3-9H,2,10-11H2,1H3. The fraction of sp³-hybridized carbons (Fsp3) is 0.250. The van der Waals surface area contributed by atoms with Gasteiger partial charge >= 0.3 is 0 Å². The highest BCUT2D eigenvalue weighted by Crippen LogP contribution is 2.21. The molecule has 0 N–H and O–H groups in total. The number of hydrogen-bond acceptors (Lipinski definition) is 6. The van der Waals surface area contributed by atoms with Gasteiger partial charge in [0.15, 0.2) is 5.76 Å². The van der Waals surface area contributed by atoms with Gasteiger partial charge in [0.1, 0.15) is 11.5 Å². The number of aromatic nitrogens is 2. The van der Waals surface area contributed by atoms with Gasteiger partial charge in [-0.3, -0.25) is 4.21 Å². The summed E-state index contributed by atoms with van der Waals surface area (Å²) in [7, 11) is -1.18. The van der Waals surface area contributed by atoms with Crippen molar-refractivity contribution in [3.05, 3.63) is 54.1 Å². The molecule has 120 valence electrons. The highest BCUT2D eigenvalue weighted by molar-refractivity contribution is 7.83. The molecule has 2 aromatic heterocycles. The summed E-state index contributed by atoms with van der Waals surface area (Å²) in [5, 5.41) is 3.83. The first kappa shape index (κ1) is 15.5. The van der Waals surface area contributed by atoms with E-state index in [4.69, 9.17) is 13.7 Å². The van der Waals surface area contributed by atoms with E-state index < -0.39 is 10.8 Å². The van der Waals surface area contributed by atoms with Crippen molar-refractivity contribution in [1.29, 1.82) is 0 Å². The maximum absolute atomic E-state index is 12.3. The Bertz CT molecular complexity index is 783. The molecule has 3 rings (SSSR count). The summed E-state index contributed by atoms with van der Waals surface area (Å²) in [6.45, 7) is 2.49. The smallest absolute Gasteiger partial charge is 0.239 e. The van der Waals surface area contributed by atoms with E-state index in [1.165, 1.54) is 6.26 Å². The monoisotopic (exact) mass is 332 g/mol. The Kier molecular flexibility index (Phi) is 4.87. The number of hydrogen-bond donors (Lipinski definition) is 0. The first-order chi connectivity index (χ1) is 11.3. The predicted molar refractivity (Wildman–Crippen MR) is 85.2 cm³/mol. The van der Waals surface area contributed by atoms with Gasteiger partial charge in [0, 0.05) is 16.4 Å². The molecule has 0 saturated carbocycles. The number of rotatable bonds is 7. The first-order valence-corrected chi connectivity index (χ1v) is 8.67. The second-order valence-corrected chi connectivity index (χ2v) is 6.22. The van der Waals surface area contributed by atoms with Crippen LogP contribution in [0.1, 0.15) is 18.4 Å². The van der Waals surface area contributed by atoms with E-state index >= 15 is 0 Å².